The van der Waals surface area contributed by atoms with Gasteiger partial charge < -0.3 is 14.2 Å². The summed E-state index contributed by atoms with van der Waals surface area (Å²) in [6, 6.07) is 4.60. The van der Waals surface area contributed by atoms with Gasteiger partial charge in [0.2, 0.25) is 5.75 Å². The molecule has 0 N–H and O–H groups in total. The first kappa shape index (κ1) is 15.7. The summed E-state index contributed by atoms with van der Waals surface area (Å²) in [6.45, 7) is 3.22. The smallest absolute Gasteiger partial charge is 0.203 e. The van der Waals surface area contributed by atoms with Gasteiger partial charge in [0.1, 0.15) is 0 Å². The van der Waals surface area contributed by atoms with Crippen LogP contribution in [0, 0.1) is 0 Å². The molecule has 4 heteroatoms. The second kappa shape index (κ2) is 6.85. The van der Waals surface area contributed by atoms with Gasteiger partial charge in [-0.15, -0.1) is 0 Å². The maximum atomic E-state index is 5.43. The molecule has 1 aliphatic heterocycles. The predicted octanol–water partition coefficient (Wildman–Crippen LogP) is 2.91. The summed E-state index contributed by atoms with van der Waals surface area (Å²) in [7, 11) is 7.11. The van der Waals surface area contributed by atoms with Crippen molar-refractivity contribution < 1.29 is 14.2 Å². The van der Waals surface area contributed by atoms with Crippen LogP contribution in [0.15, 0.2) is 23.8 Å². The Kier molecular flexibility index (Phi) is 5.12. The summed E-state index contributed by atoms with van der Waals surface area (Å²) in [4.78, 5) is 2.39. The molecule has 0 fully saturated rings. The van der Waals surface area contributed by atoms with Gasteiger partial charge in [0.25, 0.3) is 0 Å². The average Bonchev–Trinajstić information content (AvgIpc) is 2.49. The monoisotopic (exact) mass is 291 g/mol. The second-order valence-corrected chi connectivity index (χ2v) is 5.59. The lowest BCUT2D eigenvalue weighted by Crippen LogP contribution is -2.36. The van der Waals surface area contributed by atoms with Gasteiger partial charge in [-0.3, -0.25) is 4.90 Å². The van der Waals surface area contributed by atoms with Crippen LogP contribution in [0.1, 0.15) is 18.9 Å². The summed E-state index contributed by atoms with van der Waals surface area (Å²) < 4.78 is 16.2. The third kappa shape index (κ3) is 3.50. The molecule has 0 aromatic heterocycles. The maximum Gasteiger partial charge on any atom is 0.203 e. The van der Waals surface area contributed by atoms with E-state index in [0.717, 1.165) is 30.9 Å². The van der Waals surface area contributed by atoms with Crippen LogP contribution in [0.3, 0.4) is 0 Å². The van der Waals surface area contributed by atoms with E-state index in [4.69, 9.17) is 14.2 Å². The molecule has 0 saturated heterocycles. The average molecular weight is 291 g/mol. The Balaban J connectivity index is 2.26. The zero-order valence-electron chi connectivity index (χ0n) is 13.6. The fourth-order valence-corrected chi connectivity index (χ4v) is 2.81. The summed E-state index contributed by atoms with van der Waals surface area (Å²) >= 11 is 0. The topological polar surface area (TPSA) is 30.9 Å². The van der Waals surface area contributed by atoms with Crippen LogP contribution in [-0.4, -0.2) is 45.9 Å². The van der Waals surface area contributed by atoms with Crippen molar-refractivity contribution in [1.82, 2.24) is 4.90 Å². The molecule has 0 saturated carbocycles. The first-order valence-corrected chi connectivity index (χ1v) is 7.23. The minimum Gasteiger partial charge on any atom is -0.493 e. The summed E-state index contributed by atoms with van der Waals surface area (Å²) in [6.07, 6.45) is 4.37. The standard InChI is InChI=1S/C17H25NO3/c1-12-6-7-18(2)14(8-12)9-13-10-15(19-3)17(21-5)16(11-13)20-4/h6,10-11,14H,7-9H2,1-5H3/t14-/m1/s1. The van der Waals surface area contributed by atoms with Crippen LogP contribution in [-0.2, 0) is 6.42 Å². The van der Waals surface area contributed by atoms with Crippen LogP contribution in [0.2, 0.25) is 0 Å². The lowest BCUT2D eigenvalue weighted by Gasteiger charge is -2.31. The third-order valence-electron chi connectivity index (χ3n) is 4.10. The van der Waals surface area contributed by atoms with Crippen LogP contribution in [0.25, 0.3) is 0 Å². The normalized spacial score (nSPS) is 19.1. The SMILES string of the molecule is COc1cc(C[C@H]2CC(C)=CCN2C)cc(OC)c1OC. The summed E-state index contributed by atoms with van der Waals surface area (Å²) in [5.41, 5.74) is 2.67. The van der Waals surface area contributed by atoms with Crippen molar-refractivity contribution in [2.24, 2.45) is 0 Å². The van der Waals surface area contributed by atoms with Crippen molar-refractivity contribution in [3.63, 3.8) is 0 Å². The number of methoxy groups -OCH3 is 3. The highest BCUT2D eigenvalue weighted by Gasteiger charge is 2.21. The van der Waals surface area contributed by atoms with Gasteiger partial charge in [0, 0.05) is 12.6 Å². The van der Waals surface area contributed by atoms with E-state index in [1.54, 1.807) is 21.3 Å². The molecule has 4 nitrogen and oxygen atoms in total. The minimum atomic E-state index is 0.512. The molecule has 2 rings (SSSR count). The quantitative estimate of drug-likeness (QED) is 0.781. The van der Waals surface area contributed by atoms with Gasteiger partial charge in [-0.25, -0.2) is 0 Å². The van der Waals surface area contributed by atoms with Crippen molar-refractivity contribution in [2.45, 2.75) is 25.8 Å². The largest absolute Gasteiger partial charge is 0.493 e. The molecule has 1 aromatic rings. The third-order valence-corrected chi connectivity index (χ3v) is 4.10. The fraction of sp³-hybridized carbons (Fsp3) is 0.529. The Morgan fingerprint density at radius 3 is 2.24 bits per heavy atom. The van der Waals surface area contributed by atoms with E-state index < -0.39 is 0 Å². The fourth-order valence-electron chi connectivity index (χ4n) is 2.81. The van der Waals surface area contributed by atoms with Gasteiger partial charge in [0.05, 0.1) is 21.3 Å². The molecule has 0 spiro atoms. The molecule has 21 heavy (non-hydrogen) atoms. The zero-order valence-corrected chi connectivity index (χ0v) is 13.6. The molecule has 0 aliphatic carbocycles. The first-order valence-electron chi connectivity index (χ1n) is 7.23. The van der Waals surface area contributed by atoms with Gasteiger partial charge in [-0.2, -0.15) is 0 Å². The number of nitrogens with zero attached hydrogens (tertiary/aromatic N) is 1. The Labute approximate surface area is 127 Å². The number of hydrogen-bond donors (Lipinski definition) is 0. The highest BCUT2D eigenvalue weighted by Crippen LogP contribution is 2.38. The van der Waals surface area contributed by atoms with E-state index in [-0.39, 0.29) is 0 Å². The Bertz CT molecular complexity index is 500. The molecule has 1 aromatic carbocycles. The highest BCUT2D eigenvalue weighted by molar-refractivity contribution is 5.54. The Morgan fingerprint density at radius 2 is 1.71 bits per heavy atom. The lowest BCUT2D eigenvalue weighted by molar-refractivity contribution is 0.248. The van der Waals surface area contributed by atoms with Gasteiger partial charge >= 0.3 is 0 Å². The molecular weight excluding hydrogens is 266 g/mol. The number of benzene rings is 1. The molecule has 0 unspecified atom stereocenters. The molecule has 0 radical (unpaired) electrons. The van der Waals surface area contributed by atoms with Crippen molar-refractivity contribution in [2.75, 3.05) is 34.9 Å². The Hall–Kier alpha value is -1.68. The Morgan fingerprint density at radius 1 is 1.10 bits per heavy atom. The van der Waals surface area contributed by atoms with E-state index in [1.165, 1.54) is 11.1 Å². The molecular formula is C17H25NO3. The molecule has 1 heterocycles. The molecule has 1 aliphatic rings. The number of rotatable bonds is 5. The van der Waals surface area contributed by atoms with Crippen LogP contribution in [0.4, 0.5) is 0 Å². The van der Waals surface area contributed by atoms with E-state index in [9.17, 15) is 0 Å². The summed E-state index contributed by atoms with van der Waals surface area (Å²) in [5.74, 6) is 2.09. The maximum absolute atomic E-state index is 5.43. The van der Waals surface area contributed by atoms with Crippen LogP contribution < -0.4 is 14.2 Å². The molecule has 0 amide bonds. The number of hydrogen-bond acceptors (Lipinski definition) is 4. The highest BCUT2D eigenvalue weighted by atomic mass is 16.5. The van der Waals surface area contributed by atoms with Gasteiger partial charge in [0.15, 0.2) is 11.5 Å². The number of likely N-dealkylation sites (N-methyl/N-ethyl adjacent to an activating group) is 1. The zero-order chi connectivity index (χ0) is 15.4. The summed E-state index contributed by atoms with van der Waals surface area (Å²) in [5, 5.41) is 0. The van der Waals surface area contributed by atoms with E-state index in [1.807, 2.05) is 12.1 Å². The van der Waals surface area contributed by atoms with Crippen molar-refractivity contribution in [1.29, 1.82) is 0 Å². The lowest BCUT2D eigenvalue weighted by atomic mass is 9.95. The first-order chi connectivity index (χ1) is 10.1. The van der Waals surface area contributed by atoms with Crippen LogP contribution in [0.5, 0.6) is 17.2 Å². The van der Waals surface area contributed by atoms with Crippen LogP contribution >= 0.6 is 0 Å². The van der Waals surface area contributed by atoms with Crippen molar-refractivity contribution >= 4 is 0 Å². The van der Waals surface area contributed by atoms with Crippen molar-refractivity contribution in [3.05, 3.63) is 29.3 Å². The predicted molar refractivity (Wildman–Crippen MR) is 84.6 cm³/mol. The molecule has 0 bridgehead atoms. The van der Waals surface area contributed by atoms with E-state index in [0.29, 0.717) is 11.8 Å². The van der Waals surface area contributed by atoms with Gasteiger partial charge in [-0.05, 0) is 44.5 Å². The van der Waals surface area contributed by atoms with Crippen molar-refractivity contribution in [3.8, 4) is 17.2 Å². The van der Waals surface area contributed by atoms with Gasteiger partial charge in [-0.1, -0.05) is 11.6 Å². The van der Waals surface area contributed by atoms with E-state index >= 15 is 0 Å². The second-order valence-electron chi connectivity index (χ2n) is 5.59. The molecule has 116 valence electrons. The minimum absolute atomic E-state index is 0.512. The van der Waals surface area contributed by atoms with E-state index in [2.05, 4.69) is 24.9 Å². The number of ether oxygens (including phenoxy) is 3. The molecule has 1 atom stereocenters.